The molecule has 0 amide bonds. The monoisotopic (exact) mass is 148 g/mol. The third-order valence-electron chi connectivity index (χ3n) is 0.903. The molecule has 0 radical (unpaired) electrons. The molecule has 1 aromatic rings. The Bertz CT molecular complexity index is 226. The van der Waals surface area contributed by atoms with Crippen molar-refractivity contribution in [3.8, 4) is 0 Å². The topological polar surface area (TPSA) is 25.8 Å². The smallest absolute Gasteiger partial charge is 0.242 e. The maximum absolute atomic E-state index is 12.2. The molecule has 0 aliphatic carbocycles. The zero-order valence-corrected chi connectivity index (χ0v) is 4.76. The number of halogens is 3. The first kappa shape index (κ1) is 6.98. The lowest BCUT2D eigenvalue weighted by Gasteiger charge is -1.96. The number of alkyl halides is 2. The molecule has 5 heteroatoms. The summed E-state index contributed by atoms with van der Waals surface area (Å²) in [6, 6.07) is 0. The summed E-state index contributed by atoms with van der Waals surface area (Å²) in [5.74, 6) is -1.07. The van der Waals surface area contributed by atoms with E-state index in [1.54, 1.807) is 0 Å². The van der Waals surface area contributed by atoms with E-state index in [2.05, 4.69) is 9.97 Å². The number of hydrogen-bond donors (Lipinski definition) is 0. The minimum atomic E-state index is -2.87. The van der Waals surface area contributed by atoms with Crippen LogP contribution in [0, 0.1) is 5.82 Å². The van der Waals surface area contributed by atoms with Crippen LogP contribution in [0.4, 0.5) is 13.2 Å². The fourth-order valence-electron chi connectivity index (χ4n) is 0.483. The SMILES string of the molecule is Fc1cncnc1C(F)F. The van der Waals surface area contributed by atoms with Gasteiger partial charge in [-0.2, -0.15) is 0 Å². The van der Waals surface area contributed by atoms with Crippen LogP contribution >= 0.6 is 0 Å². The van der Waals surface area contributed by atoms with E-state index in [4.69, 9.17) is 0 Å². The highest BCUT2D eigenvalue weighted by Crippen LogP contribution is 2.17. The molecule has 10 heavy (non-hydrogen) atoms. The molecule has 2 nitrogen and oxygen atoms in total. The van der Waals surface area contributed by atoms with Gasteiger partial charge in [0.15, 0.2) is 5.82 Å². The first-order chi connectivity index (χ1) is 4.72. The molecule has 0 bridgehead atoms. The van der Waals surface area contributed by atoms with Crippen molar-refractivity contribution in [2.24, 2.45) is 0 Å². The van der Waals surface area contributed by atoms with Crippen LogP contribution < -0.4 is 0 Å². The van der Waals surface area contributed by atoms with Crippen molar-refractivity contribution in [1.29, 1.82) is 0 Å². The van der Waals surface area contributed by atoms with Gasteiger partial charge in [0.05, 0.1) is 6.20 Å². The van der Waals surface area contributed by atoms with Crippen molar-refractivity contribution >= 4 is 0 Å². The second-order valence-corrected chi connectivity index (χ2v) is 1.56. The van der Waals surface area contributed by atoms with E-state index < -0.39 is 17.9 Å². The van der Waals surface area contributed by atoms with E-state index in [0.717, 1.165) is 6.33 Å². The standard InChI is InChI=1S/C5H3F3N2/c6-3-1-9-2-10-4(3)5(7)8/h1-2,5H. The molecule has 0 saturated carbocycles. The molecule has 0 aromatic carbocycles. The van der Waals surface area contributed by atoms with Crippen LogP contribution in [0.2, 0.25) is 0 Å². The fourth-order valence-corrected chi connectivity index (χ4v) is 0.483. The lowest BCUT2D eigenvalue weighted by atomic mass is 10.4. The third kappa shape index (κ3) is 1.23. The average Bonchev–Trinajstić information content (AvgIpc) is 1.88. The summed E-state index contributed by atoms with van der Waals surface area (Å²) in [7, 11) is 0. The molecule has 1 rings (SSSR count). The minimum absolute atomic E-state index is 0.703. The van der Waals surface area contributed by atoms with E-state index >= 15 is 0 Å². The Morgan fingerprint density at radius 3 is 2.50 bits per heavy atom. The molecule has 0 fully saturated rings. The fraction of sp³-hybridized carbons (Fsp3) is 0.200. The van der Waals surface area contributed by atoms with Gasteiger partial charge in [0.1, 0.15) is 12.0 Å². The lowest BCUT2D eigenvalue weighted by Crippen LogP contribution is -1.95. The molecule has 1 heterocycles. The molecule has 0 aliphatic rings. The molecule has 0 N–H and O–H groups in total. The predicted molar refractivity (Wildman–Crippen MR) is 26.9 cm³/mol. The molecule has 0 unspecified atom stereocenters. The Labute approximate surface area is 54.7 Å². The Morgan fingerprint density at radius 2 is 2.10 bits per heavy atom. The zero-order valence-electron chi connectivity index (χ0n) is 4.76. The Hall–Kier alpha value is -1.13. The maximum Gasteiger partial charge on any atom is 0.283 e. The van der Waals surface area contributed by atoms with Gasteiger partial charge in [-0.05, 0) is 0 Å². The van der Waals surface area contributed by atoms with Gasteiger partial charge in [0.2, 0.25) is 0 Å². The molecule has 1 aromatic heterocycles. The van der Waals surface area contributed by atoms with E-state index in [1.165, 1.54) is 0 Å². The summed E-state index contributed by atoms with van der Waals surface area (Å²) < 4.78 is 35.6. The van der Waals surface area contributed by atoms with Crippen LogP contribution in [0.25, 0.3) is 0 Å². The molecular formula is C5H3F3N2. The van der Waals surface area contributed by atoms with E-state index in [1.807, 2.05) is 0 Å². The molecule has 0 spiro atoms. The Kier molecular flexibility index (Phi) is 1.84. The summed E-state index contributed by atoms with van der Waals surface area (Å²) >= 11 is 0. The van der Waals surface area contributed by atoms with Gasteiger partial charge < -0.3 is 0 Å². The second kappa shape index (κ2) is 2.64. The maximum atomic E-state index is 12.2. The van der Waals surface area contributed by atoms with Gasteiger partial charge >= 0.3 is 0 Å². The predicted octanol–water partition coefficient (Wildman–Crippen LogP) is 1.55. The van der Waals surface area contributed by atoms with Crippen LogP contribution in [0.5, 0.6) is 0 Å². The summed E-state index contributed by atoms with van der Waals surface area (Å²) in [6.07, 6.45) is -1.29. The Balaban J connectivity index is 3.03. The van der Waals surface area contributed by atoms with Crippen molar-refractivity contribution < 1.29 is 13.2 Å². The van der Waals surface area contributed by atoms with Crippen LogP contribution in [0.15, 0.2) is 12.5 Å². The number of nitrogens with zero attached hydrogens (tertiary/aromatic N) is 2. The first-order valence-corrected chi connectivity index (χ1v) is 2.45. The summed E-state index contributed by atoms with van der Waals surface area (Å²) in [5, 5.41) is 0. The first-order valence-electron chi connectivity index (χ1n) is 2.45. The number of rotatable bonds is 1. The lowest BCUT2D eigenvalue weighted by molar-refractivity contribution is 0.140. The quantitative estimate of drug-likeness (QED) is 0.603. The second-order valence-electron chi connectivity index (χ2n) is 1.56. The minimum Gasteiger partial charge on any atom is -0.242 e. The Morgan fingerprint density at radius 1 is 1.40 bits per heavy atom. The van der Waals surface area contributed by atoms with E-state index in [0.29, 0.717) is 6.20 Å². The van der Waals surface area contributed by atoms with Crippen LogP contribution in [-0.2, 0) is 0 Å². The molecule has 0 aliphatic heterocycles. The van der Waals surface area contributed by atoms with Gasteiger partial charge in [-0.3, -0.25) is 0 Å². The summed E-state index contributed by atoms with van der Waals surface area (Å²) in [4.78, 5) is 6.25. The van der Waals surface area contributed by atoms with Gasteiger partial charge in [-0.25, -0.2) is 23.1 Å². The van der Waals surface area contributed by atoms with Crippen LogP contribution in [-0.4, -0.2) is 9.97 Å². The summed E-state index contributed by atoms with van der Waals surface area (Å²) in [6.45, 7) is 0. The van der Waals surface area contributed by atoms with Crippen molar-refractivity contribution in [3.05, 3.63) is 24.0 Å². The third-order valence-corrected chi connectivity index (χ3v) is 0.903. The number of hydrogen-bond acceptors (Lipinski definition) is 2. The van der Waals surface area contributed by atoms with Gasteiger partial charge in [-0.1, -0.05) is 0 Å². The normalized spacial score (nSPS) is 10.4. The van der Waals surface area contributed by atoms with Crippen molar-refractivity contribution in [1.82, 2.24) is 9.97 Å². The zero-order chi connectivity index (χ0) is 7.56. The average molecular weight is 148 g/mol. The number of aromatic nitrogens is 2. The van der Waals surface area contributed by atoms with Gasteiger partial charge in [0.25, 0.3) is 6.43 Å². The molecule has 0 atom stereocenters. The highest BCUT2D eigenvalue weighted by molar-refractivity contribution is 5.02. The van der Waals surface area contributed by atoms with Gasteiger partial charge in [-0.15, -0.1) is 0 Å². The van der Waals surface area contributed by atoms with Crippen LogP contribution in [0.1, 0.15) is 12.1 Å². The molecule has 0 saturated heterocycles. The van der Waals surface area contributed by atoms with E-state index in [-0.39, 0.29) is 0 Å². The molecular weight excluding hydrogens is 145 g/mol. The molecule has 54 valence electrons. The van der Waals surface area contributed by atoms with E-state index in [9.17, 15) is 13.2 Å². The highest BCUT2D eigenvalue weighted by atomic mass is 19.3. The van der Waals surface area contributed by atoms with Crippen molar-refractivity contribution in [3.63, 3.8) is 0 Å². The van der Waals surface area contributed by atoms with Crippen molar-refractivity contribution in [2.75, 3.05) is 0 Å². The van der Waals surface area contributed by atoms with Gasteiger partial charge in [0, 0.05) is 0 Å². The van der Waals surface area contributed by atoms with Crippen LogP contribution in [0.3, 0.4) is 0 Å². The summed E-state index contributed by atoms with van der Waals surface area (Å²) in [5.41, 5.74) is -0.852. The van der Waals surface area contributed by atoms with Crippen molar-refractivity contribution in [2.45, 2.75) is 6.43 Å². The largest absolute Gasteiger partial charge is 0.283 e. The highest BCUT2D eigenvalue weighted by Gasteiger charge is 2.13.